The molecule has 0 amide bonds. The van der Waals surface area contributed by atoms with Gasteiger partial charge < -0.3 is 19.0 Å². The van der Waals surface area contributed by atoms with Crippen molar-refractivity contribution in [1.29, 1.82) is 0 Å². The minimum absolute atomic E-state index is 0.000440. The molecule has 0 aromatic carbocycles. The molecule has 0 bridgehead atoms. The summed E-state index contributed by atoms with van der Waals surface area (Å²) in [5.74, 6) is 0.0195. The van der Waals surface area contributed by atoms with E-state index in [0.717, 1.165) is 19.1 Å². The molecule has 2 heterocycles. The van der Waals surface area contributed by atoms with E-state index in [9.17, 15) is 9.59 Å². The zero-order chi connectivity index (χ0) is 13.3. The van der Waals surface area contributed by atoms with Gasteiger partial charge >= 0.3 is 5.97 Å². The van der Waals surface area contributed by atoms with Gasteiger partial charge in [-0.2, -0.15) is 0 Å². The van der Waals surface area contributed by atoms with E-state index < -0.39 is 5.41 Å². The third-order valence-corrected chi connectivity index (χ3v) is 5.63. The molecular formula is C14H18O5. The number of carbonyl (C=O) groups excluding carboxylic acids is 2. The normalized spacial score (nSPS) is 53.9. The van der Waals surface area contributed by atoms with Gasteiger partial charge in [-0.1, -0.05) is 0 Å². The number of hydrogen-bond donors (Lipinski definition) is 0. The minimum Gasteiger partial charge on any atom is -0.462 e. The predicted octanol–water partition coefficient (Wildman–Crippen LogP) is 0.701. The van der Waals surface area contributed by atoms with Crippen molar-refractivity contribution in [3.63, 3.8) is 0 Å². The van der Waals surface area contributed by atoms with Gasteiger partial charge in [0.1, 0.15) is 12.4 Å². The van der Waals surface area contributed by atoms with Crippen molar-refractivity contribution in [2.24, 2.45) is 16.7 Å². The van der Waals surface area contributed by atoms with Crippen LogP contribution in [0, 0.1) is 16.7 Å². The Bertz CT molecular complexity index is 449. The van der Waals surface area contributed by atoms with Crippen LogP contribution < -0.4 is 0 Å². The van der Waals surface area contributed by atoms with Crippen molar-refractivity contribution in [2.45, 2.75) is 44.5 Å². The summed E-state index contributed by atoms with van der Waals surface area (Å²) >= 11 is 0. The Morgan fingerprint density at radius 3 is 3.00 bits per heavy atom. The van der Waals surface area contributed by atoms with Crippen LogP contribution >= 0.6 is 0 Å². The van der Waals surface area contributed by atoms with Gasteiger partial charge in [0.25, 0.3) is 0 Å². The fraction of sp³-hybridized carbons (Fsp3) is 0.857. The van der Waals surface area contributed by atoms with Gasteiger partial charge in [-0.05, 0) is 12.8 Å². The topological polar surface area (TPSA) is 61.8 Å². The highest BCUT2D eigenvalue weighted by Crippen LogP contribution is 2.72. The molecule has 5 heteroatoms. The molecule has 0 radical (unpaired) electrons. The smallest absolute Gasteiger partial charge is 0.302 e. The number of fused-ring (bicyclic) bond motifs is 1. The first-order valence-electron chi connectivity index (χ1n) is 6.99. The second kappa shape index (κ2) is 3.58. The van der Waals surface area contributed by atoms with E-state index in [2.05, 4.69) is 0 Å². The zero-order valence-corrected chi connectivity index (χ0v) is 11.0. The van der Waals surface area contributed by atoms with E-state index in [1.54, 1.807) is 0 Å². The first kappa shape index (κ1) is 11.9. The van der Waals surface area contributed by atoms with Gasteiger partial charge in [0, 0.05) is 31.3 Å². The lowest BCUT2D eigenvalue weighted by molar-refractivity contribution is -0.222. The van der Waals surface area contributed by atoms with E-state index >= 15 is 0 Å². The molecular weight excluding hydrogens is 248 g/mol. The maximum absolute atomic E-state index is 11.6. The SMILES string of the molecule is CC(=O)O[C@H]1C[C@@H]2OC[C@]3(C=O)[C@H]4OCC[C@@]4(C1)[C@H]23. The molecule has 5 nitrogen and oxygen atoms in total. The van der Waals surface area contributed by atoms with E-state index in [0.29, 0.717) is 19.6 Å². The number of esters is 1. The molecule has 4 rings (SSSR count). The summed E-state index contributed by atoms with van der Waals surface area (Å²) in [5.41, 5.74) is -0.428. The summed E-state index contributed by atoms with van der Waals surface area (Å²) in [6, 6.07) is 0. The fourth-order valence-corrected chi connectivity index (χ4v) is 5.30. The van der Waals surface area contributed by atoms with Gasteiger partial charge in [0.2, 0.25) is 0 Å². The van der Waals surface area contributed by atoms with Crippen molar-refractivity contribution in [2.75, 3.05) is 13.2 Å². The van der Waals surface area contributed by atoms with Crippen molar-refractivity contribution < 1.29 is 23.8 Å². The number of ether oxygens (including phenoxy) is 3. The lowest BCUT2D eigenvalue weighted by atomic mass is 9.40. The molecule has 2 saturated heterocycles. The summed E-state index contributed by atoms with van der Waals surface area (Å²) in [7, 11) is 0. The molecule has 104 valence electrons. The molecule has 6 atom stereocenters. The molecule has 2 saturated carbocycles. The van der Waals surface area contributed by atoms with Crippen LogP contribution in [0.1, 0.15) is 26.2 Å². The van der Waals surface area contributed by atoms with Crippen molar-refractivity contribution in [3.8, 4) is 0 Å². The lowest BCUT2D eigenvalue weighted by Crippen LogP contribution is -2.71. The summed E-state index contributed by atoms with van der Waals surface area (Å²) < 4.78 is 17.1. The lowest BCUT2D eigenvalue weighted by Gasteiger charge is -2.63. The van der Waals surface area contributed by atoms with Crippen molar-refractivity contribution in [1.82, 2.24) is 0 Å². The maximum atomic E-state index is 11.6. The Morgan fingerprint density at radius 1 is 1.42 bits per heavy atom. The van der Waals surface area contributed by atoms with Crippen LogP contribution in [0.3, 0.4) is 0 Å². The van der Waals surface area contributed by atoms with Gasteiger partial charge in [0.15, 0.2) is 0 Å². The summed E-state index contributed by atoms with van der Waals surface area (Å²) in [6.45, 7) is 2.61. The highest BCUT2D eigenvalue weighted by molar-refractivity contribution is 5.68. The maximum Gasteiger partial charge on any atom is 0.302 e. The summed E-state index contributed by atoms with van der Waals surface area (Å²) in [5, 5.41) is 0. The van der Waals surface area contributed by atoms with Crippen LogP contribution in [0.25, 0.3) is 0 Å². The van der Waals surface area contributed by atoms with Crippen molar-refractivity contribution in [3.05, 3.63) is 0 Å². The third-order valence-electron chi connectivity index (χ3n) is 5.63. The minimum atomic E-state index is -0.428. The van der Waals surface area contributed by atoms with E-state index in [4.69, 9.17) is 14.2 Å². The molecule has 0 N–H and O–H groups in total. The molecule has 19 heavy (non-hydrogen) atoms. The second-order valence-corrected chi connectivity index (χ2v) is 6.46. The quantitative estimate of drug-likeness (QED) is 0.544. The van der Waals surface area contributed by atoms with E-state index in [-0.39, 0.29) is 35.6 Å². The van der Waals surface area contributed by atoms with Gasteiger partial charge in [-0.3, -0.25) is 4.79 Å². The monoisotopic (exact) mass is 266 g/mol. The Kier molecular flexibility index (Phi) is 2.23. The van der Waals surface area contributed by atoms with Crippen LogP contribution in [0.4, 0.5) is 0 Å². The van der Waals surface area contributed by atoms with Crippen molar-refractivity contribution >= 4 is 12.3 Å². The molecule has 2 aliphatic carbocycles. The molecule has 0 aromatic heterocycles. The molecule has 4 aliphatic rings. The van der Waals surface area contributed by atoms with E-state index in [1.165, 1.54) is 6.92 Å². The highest BCUT2D eigenvalue weighted by atomic mass is 16.6. The molecule has 4 fully saturated rings. The van der Waals surface area contributed by atoms with E-state index in [1.807, 2.05) is 0 Å². The highest BCUT2D eigenvalue weighted by Gasteiger charge is 2.79. The zero-order valence-electron chi connectivity index (χ0n) is 11.0. The molecule has 0 unspecified atom stereocenters. The Labute approximate surface area is 111 Å². The van der Waals surface area contributed by atoms with Crippen LogP contribution in [-0.4, -0.2) is 43.8 Å². The third kappa shape index (κ3) is 1.23. The van der Waals surface area contributed by atoms with Gasteiger partial charge in [-0.15, -0.1) is 0 Å². The molecule has 1 spiro atoms. The number of hydrogen-bond acceptors (Lipinski definition) is 5. The number of carbonyl (C=O) groups is 2. The first-order chi connectivity index (χ1) is 9.12. The fourth-order valence-electron chi connectivity index (χ4n) is 5.30. The Hall–Kier alpha value is -0.940. The summed E-state index contributed by atoms with van der Waals surface area (Å²) in [6.07, 6.45) is 3.46. The van der Waals surface area contributed by atoms with Gasteiger partial charge in [0.05, 0.1) is 24.2 Å². The number of rotatable bonds is 2. The largest absolute Gasteiger partial charge is 0.462 e. The summed E-state index contributed by atoms with van der Waals surface area (Å²) in [4.78, 5) is 22.8. The number of aldehydes is 1. The molecule has 0 aromatic rings. The van der Waals surface area contributed by atoms with Gasteiger partial charge in [-0.25, -0.2) is 0 Å². The average Bonchev–Trinajstić information content (AvgIpc) is 2.86. The average molecular weight is 266 g/mol. The first-order valence-corrected chi connectivity index (χ1v) is 6.99. The Morgan fingerprint density at radius 2 is 2.26 bits per heavy atom. The molecule has 2 aliphatic heterocycles. The van der Waals surface area contributed by atoms with Crippen LogP contribution in [0.15, 0.2) is 0 Å². The standard InChI is InChI=1S/C14H18O5/c1-8(16)19-9-4-10-11-13(5-9)2-3-17-12(13)14(11,6-15)7-18-10/h6,9-12H,2-5,7H2,1H3/t9-,10-,11-,12-,13+,14-/m0/s1. The van der Waals surface area contributed by atoms with Crippen LogP contribution in [0.5, 0.6) is 0 Å². The predicted molar refractivity (Wildman–Crippen MR) is 63.3 cm³/mol. The second-order valence-electron chi connectivity index (χ2n) is 6.46. The Balaban J connectivity index is 1.68. The van der Waals surface area contributed by atoms with Crippen LogP contribution in [-0.2, 0) is 23.8 Å². The van der Waals surface area contributed by atoms with Crippen LogP contribution in [0.2, 0.25) is 0 Å².